The summed E-state index contributed by atoms with van der Waals surface area (Å²) in [5.41, 5.74) is 2.64. The average molecular weight is 529 g/mol. The number of carbonyl (C=O) groups excluding carboxylic acids is 1. The molecule has 1 heterocycles. The van der Waals surface area contributed by atoms with Crippen LogP contribution in [-0.4, -0.2) is 49.7 Å². The van der Waals surface area contributed by atoms with E-state index in [2.05, 4.69) is 5.32 Å². The SMILES string of the molecule is Cc1ccc(S(=O)(=O)N2CCN(c3c(Cl)cccc3NC(=O)c3ccc([N+](=O)[O-])c(C)c3)CC2)cc1. The first kappa shape index (κ1) is 25.6. The number of nitro groups is 1. The maximum absolute atomic E-state index is 13.1. The zero-order valence-electron chi connectivity index (χ0n) is 19.8. The molecule has 0 atom stereocenters. The lowest BCUT2D eigenvalue weighted by Gasteiger charge is -2.36. The Morgan fingerprint density at radius 2 is 1.67 bits per heavy atom. The van der Waals surface area contributed by atoms with Gasteiger partial charge in [-0.25, -0.2) is 8.42 Å². The molecule has 0 saturated carbocycles. The van der Waals surface area contributed by atoms with Gasteiger partial charge in [0, 0.05) is 43.4 Å². The van der Waals surface area contributed by atoms with Gasteiger partial charge in [0.05, 0.1) is 26.2 Å². The summed E-state index contributed by atoms with van der Waals surface area (Å²) in [5.74, 6) is -0.433. The maximum atomic E-state index is 13.1. The van der Waals surface area contributed by atoms with Gasteiger partial charge in [0.2, 0.25) is 10.0 Å². The van der Waals surface area contributed by atoms with Crippen molar-refractivity contribution in [3.63, 3.8) is 0 Å². The Kier molecular flexibility index (Phi) is 7.30. The van der Waals surface area contributed by atoms with Crippen molar-refractivity contribution in [2.75, 3.05) is 36.4 Å². The Balaban J connectivity index is 1.52. The Hall–Kier alpha value is -3.47. The van der Waals surface area contributed by atoms with Crippen LogP contribution in [0, 0.1) is 24.0 Å². The third-order valence-corrected chi connectivity index (χ3v) is 8.32. The Morgan fingerprint density at radius 3 is 2.28 bits per heavy atom. The first-order valence-corrected chi connectivity index (χ1v) is 13.1. The number of anilines is 2. The molecule has 11 heteroatoms. The summed E-state index contributed by atoms with van der Waals surface area (Å²) in [6.45, 7) is 4.76. The van der Waals surface area contributed by atoms with Crippen molar-refractivity contribution in [2.45, 2.75) is 18.7 Å². The lowest BCUT2D eigenvalue weighted by Crippen LogP contribution is -2.49. The predicted octanol–water partition coefficient (Wildman–Crippen LogP) is 4.63. The maximum Gasteiger partial charge on any atom is 0.272 e. The van der Waals surface area contributed by atoms with Crippen molar-refractivity contribution in [1.82, 2.24) is 4.31 Å². The van der Waals surface area contributed by atoms with Gasteiger partial charge in [-0.2, -0.15) is 4.31 Å². The highest BCUT2D eigenvalue weighted by atomic mass is 35.5. The molecule has 9 nitrogen and oxygen atoms in total. The molecule has 1 aliphatic heterocycles. The van der Waals surface area contributed by atoms with E-state index >= 15 is 0 Å². The van der Waals surface area contributed by atoms with Gasteiger partial charge < -0.3 is 10.2 Å². The number of nitrogens with zero attached hydrogens (tertiary/aromatic N) is 3. The van der Waals surface area contributed by atoms with Crippen LogP contribution in [0.15, 0.2) is 65.6 Å². The zero-order chi connectivity index (χ0) is 26.0. The van der Waals surface area contributed by atoms with E-state index in [1.807, 2.05) is 11.8 Å². The molecule has 0 radical (unpaired) electrons. The molecule has 0 unspecified atom stereocenters. The average Bonchev–Trinajstić information content (AvgIpc) is 2.84. The fourth-order valence-corrected chi connectivity index (χ4v) is 5.86. The summed E-state index contributed by atoms with van der Waals surface area (Å²) in [6, 6.07) is 16.1. The standard InChI is InChI=1S/C25H25ClN4O5S/c1-17-6-9-20(10-7-17)36(34,35)29-14-12-28(13-15-29)24-21(26)4-3-5-22(24)27-25(31)19-8-11-23(30(32)33)18(2)16-19/h3-11,16H,12-15H2,1-2H3,(H,27,31). The minimum Gasteiger partial charge on any atom is -0.366 e. The van der Waals surface area contributed by atoms with Crippen LogP contribution in [0.4, 0.5) is 17.1 Å². The van der Waals surface area contributed by atoms with Crippen LogP contribution >= 0.6 is 11.6 Å². The summed E-state index contributed by atoms with van der Waals surface area (Å²) < 4.78 is 27.6. The molecular formula is C25H25ClN4O5S. The van der Waals surface area contributed by atoms with Gasteiger partial charge in [-0.1, -0.05) is 35.4 Å². The van der Waals surface area contributed by atoms with Crippen molar-refractivity contribution < 1.29 is 18.1 Å². The second-order valence-corrected chi connectivity index (χ2v) is 10.9. The number of aryl methyl sites for hydroxylation is 2. The molecule has 36 heavy (non-hydrogen) atoms. The molecule has 1 aliphatic rings. The van der Waals surface area contributed by atoms with E-state index in [9.17, 15) is 23.3 Å². The number of halogens is 1. The normalized spacial score (nSPS) is 14.5. The minimum absolute atomic E-state index is 0.0616. The molecule has 3 aromatic rings. The Labute approximate surface area is 214 Å². The molecule has 188 valence electrons. The highest BCUT2D eigenvalue weighted by molar-refractivity contribution is 7.89. The molecule has 0 bridgehead atoms. The lowest BCUT2D eigenvalue weighted by atomic mass is 10.1. The number of sulfonamides is 1. The zero-order valence-corrected chi connectivity index (χ0v) is 21.3. The Morgan fingerprint density at radius 1 is 1.00 bits per heavy atom. The van der Waals surface area contributed by atoms with Crippen molar-refractivity contribution in [1.29, 1.82) is 0 Å². The molecule has 4 rings (SSSR count). The summed E-state index contributed by atoms with van der Waals surface area (Å²) in [4.78, 5) is 25.7. The van der Waals surface area contributed by atoms with Crippen LogP contribution in [-0.2, 0) is 10.0 Å². The van der Waals surface area contributed by atoms with Gasteiger partial charge in [-0.05, 0) is 50.2 Å². The summed E-state index contributed by atoms with van der Waals surface area (Å²) in [6.07, 6.45) is 0. The second kappa shape index (κ2) is 10.3. The van der Waals surface area contributed by atoms with Gasteiger partial charge in [-0.15, -0.1) is 0 Å². The van der Waals surface area contributed by atoms with Crippen molar-refractivity contribution in [2.24, 2.45) is 0 Å². The first-order chi connectivity index (χ1) is 17.1. The largest absolute Gasteiger partial charge is 0.366 e. The van der Waals surface area contributed by atoms with Crippen LogP contribution < -0.4 is 10.2 Å². The van der Waals surface area contributed by atoms with Crippen molar-refractivity contribution in [3.05, 3.63) is 92.5 Å². The van der Waals surface area contributed by atoms with E-state index < -0.39 is 20.9 Å². The minimum atomic E-state index is -3.62. The number of benzene rings is 3. The highest BCUT2D eigenvalue weighted by Gasteiger charge is 2.30. The van der Waals surface area contributed by atoms with E-state index in [1.165, 1.54) is 22.5 Å². The van der Waals surface area contributed by atoms with Crippen molar-refractivity contribution >= 4 is 44.6 Å². The highest BCUT2D eigenvalue weighted by Crippen LogP contribution is 2.35. The smallest absolute Gasteiger partial charge is 0.272 e. The van der Waals surface area contributed by atoms with Crippen LogP contribution in [0.2, 0.25) is 5.02 Å². The molecule has 1 N–H and O–H groups in total. The van der Waals surface area contributed by atoms with Gasteiger partial charge in [0.15, 0.2) is 0 Å². The van der Waals surface area contributed by atoms with E-state index in [1.54, 1.807) is 49.4 Å². The number of hydrogen-bond donors (Lipinski definition) is 1. The number of hydrogen-bond acceptors (Lipinski definition) is 6. The number of piperazine rings is 1. The number of amides is 1. The van der Waals surface area contributed by atoms with Crippen LogP contribution in [0.1, 0.15) is 21.5 Å². The molecular weight excluding hydrogens is 504 g/mol. The number of nitro benzene ring substituents is 1. The fourth-order valence-electron chi connectivity index (χ4n) is 4.15. The number of carbonyl (C=O) groups is 1. The van der Waals surface area contributed by atoms with Crippen molar-refractivity contribution in [3.8, 4) is 0 Å². The van der Waals surface area contributed by atoms with Gasteiger partial charge in [0.1, 0.15) is 0 Å². The van der Waals surface area contributed by atoms with Gasteiger partial charge in [-0.3, -0.25) is 14.9 Å². The summed E-state index contributed by atoms with van der Waals surface area (Å²) >= 11 is 6.51. The van der Waals surface area contributed by atoms with Crippen LogP contribution in [0.25, 0.3) is 0 Å². The molecule has 1 saturated heterocycles. The molecule has 1 amide bonds. The predicted molar refractivity (Wildman–Crippen MR) is 139 cm³/mol. The van der Waals surface area contributed by atoms with E-state index in [0.717, 1.165) is 5.56 Å². The number of para-hydroxylation sites is 1. The second-order valence-electron chi connectivity index (χ2n) is 8.55. The lowest BCUT2D eigenvalue weighted by molar-refractivity contribution is -0.385. The van der Waals surface area contributed by atoms with Crippen LogP contribution in [0.3, 0.4) is 0 Å². The fraction of sp³-hybridized carbons (Fsp3) is 0.240. The van der Waals surface area contributed by atoms with Gasteiger partial charge >= 0.3 is 0 Å². The topological polar surface area (TPSA) is 113 Å². The summed E-state index contributed by atoms with van der Waals surface area (Å²) in [5, 5.41) is 14.3. The quantitative estimate of drug-likeness (QED) is 0.369. The molecule has 0 spiro atoms. The van der Waals surface area contributed by atoms with Crippen LogP contribution in [0.5, 0.6) is 0 Å². The number of nitrogens with one attached hydrogen (secondary N) is 1. The summed E-state index contributed by atoms with van der Waals surface area (Å²) in [7, 11) is -3.62. The molecule has 0 aliphatic carbocycles. The Bertz CT molecular complexity index is 1420. The van der Waals surface area contributed by atoms with Gasteiger partial charge in [0.25, 0.3) is 11.6 Å². The third kappa shape index (κ3) is 5.20. The number of rotatable bonds is 6. The monoisotopic (exact) mass is 528 g/mol. The van der Waals surface area contributed by atoms with E-state index in [-0.39, 0.29) is 29.2 Å². The molecule has 0 aromatic heterocycles. The molecule has 3 aromatic carbocycles. The first-order valence-electron chi connectivity index (χ1n) is 11.2. The third-order valence-electron chi connectivity index (χ3n) is 6.10. The van der Waals surface area contributed by atoms with E-state index in [4.69, 9.17) is 11.6 Å². The molecule has 1 fully saturated rings. The van der Waals surface area contributed by atoms with E-state index in [0.29, 0.717) is 35.1 Å².